The molecule has 12 heteroatoms. The molecule has 0 radical (unpaired) electrons. The van der Waals surface area contributed by atoms with Crippen molar-refractivity contribution in [3.8, 4) is 29.3 Å². The molecule has 0 aliphatic heterocycles. The second-order valence-electron chi connectivity index (χ2n) is 11.7. The standard InChI is InChI=1S/C21H20N4O2.C13H14N4O2.C8H6/c1-3-24(4-2)17-11-10-16-12-19(21(26)27-20(16)13-17)25-14-18(22-23-25)15-8-6-5-7-9-15;1-3-17(4-2)10-6-5-9-7-11(15-16-14)13(18)19-12(9)8-10;1-2-8-6-4-3-5-7-8/h5-14H,3-4H2,1-2H3;5-8H,3-4H2,1-2H3;1,3-7H. The number of benzene rings is 4. The van der Waals surface area contributed by atoms with Crippen LogP contribution in [0, 0.1) is 12.3 Å². The first kappa shape index (κ1) is 38.1. The highest BCUT2D eigenvalue weighted by atomic mass is 16.4. The van der Waals surface area contributed by atoms with E-state index >= 15 is 0 Å². The van der Waals surface area contributed by atoms with E-state index in [9.17, 15) is 9.59 Å². The summed E-state index contributed by atoms with van der Waals surface area (Å²) < 4.78 is 12.2. The van der Waals surface area contributed by atoms with Gasteiger partial charge in [0.2, 0.25) is 0 Å². The fourth-order valence-corrected chi connectivity index (χ4v) is 5.68. The quantitative estimate of drug-likeness (QED) is 0.0472. The molecule has 0 atom stereocenters. The van der Waals surface area contributed by atoms with Crippen molar-refractivity contribution < 1.29 is 8.83 Å². The van der Waals surface area contributed by atoms with E-state index in [1.807, 2.05) is 97.1 Å². The molecule has 0 N–H and O–H groups in total. The maximum absolute atomic E-state index is 12.5. The maximum atomic E-state index is 12.5. The minimum absolute atomic E-state index is 0.0226. The van der Waals surface area contributed by atoms with Crippen LogP contribution in [0.25, 0.3) is 49.3 Å². The molecular formula is C42H40N8O4. The lowest BCUT2D eigenvalue weighted by atomic mass is 10.2. The summed E-state index contributed by atoms with van der Waals surface area (Å²) in [7, 11) is 0. The molecule has 272 valence electrons. The Bertz CT molecular complexity index is 2520. The van der Waals surface area contributed by atoms with Gasteiger partial charge in [0, 0.05) is 76.5 Å². The van der Waals surface area contributed by atoms with Crippen molar-refractivity contribution in [3.05, 3.63) is 152 Å². The summed E-state index contributed by atoms with van der Waals surface area (Å²) in [6.45, 7) is 11.9. The number of hydrogen-bond donors (Lipinski definition) is 0. The molecule has 12 nitrogen and oxygen atoms in total. The lowest BCUT2D eigenvalue weighted by Gasteiger charge is -2.20. The van der Waals surface area contributed by atoms with Crippen LogP contribution in [0.2, 0.25) is 0 Å². The Kier molecular flexibility index (Phi) is 13.0. The van der Waals surface area contributed by atoms with Crippen molar-refractivity contribution in [2.75, 3.05) is 36.0 Å². The number of nitrogens with zero attached hydrogens (tertiary/aromatic N) is 8. The molecular weight excluding hydrogens is 681 g/mol. The first-order valence-electron chi connectivity index (χ1n) is 17.5. The van der Waals surface area contributed by atoms with Crippen molar-refractivity contribution in [2.45, 2.75) is 27.7 Å². The number of aromatic nitrogens is 3. The van der Waals surface area contributed by atoms with Crippen molar-refractivity contribution >= 4 is 39.0 Å². The van der Waals surface area contributed by atoms with Gasteiger partial charge in [-0.05, 0) is 81.8 Å². The zero-order valence-corrected chi connectivity index (χ0v) is 30.6. The number of azide groups is 1. The van der Waals surface area contributed by atoms with Gasteiger partial charge in [-0.2, -0.15) is 0 Å². The number of anilines is 2. The van der Waals surface area contributed by atoms with Crippen LogP contribution in [0.15, 0.2) is 139 Å². The molecule has 0 bridgehead atoms. The number of rotatable bonds is 9. The summed E-state index contributed by atoms with van der Waals surface area (Å²) in [5.41, 5.74) is 13.3. The minimum atomic E-state index is -0.623. The molecule has 0 aliphatic rings. The summed E-state index contributed by atoms with van der Waals surface area (Å²) in [6, 6.07) is 34.2. The molecule has 7 rings (SSSR count). The van der Waals surface area contributed by atoms with Gasteiger partial charge in [0.25, 0.3) is 0 Å². The second kappa shape index (κ2) is 18.4. The molecule has 0 spiro atoms. The smallest absolute Gasteiger partial charge is 0.362 e. The van der Waals surface area contributed by atoms with E-state index in [4.69, 9.17) is 20.8 Å². The SMILES string of the molecule is C#Cc1ccccc1.CCN(CC)c1ccc2cc(-n3cc(-c4ccccc4)nn3)c(=O)oc2c1.CCN(CC)c1ccc2cc(N=[N+]=[N-])c(=O)oc2c1. The molecule has 0 aliphatic carbocycles. The van der Waals surface area contributed by atoms with E-state index in [1.165, 1.54) is 10.7 Å². The third-order valence-electron chi connectivity index (χ3n) is 8.56. The fraction of sp³-hybridized carbons (Fsp3) is 0.190. The van der Waals surface area contributed by atoms with Crippen molar-refractivity contribution in [1.82, 2.24) is 15.0 Å². The first-order chi connectivity index (χ1) is 26.3. The van der Waals surface area contributed by atoms with E-state index < -0.39 is 11.3 Å². The van der Waals surface area contributed by atoms with E-state index in [-0.39, 0.29) is 5.69 Å². The Hall–Kier alpha value is -7.09. The summed E-state index contributed by atoms with van der Waals surface area (Å²) in [4.78, 5) is 31.1. The van der Waals surface area contributed by atoms with Crippen molar-refractivity contribution in [3.63, 3.8) is 0 Å². The zero-order chi connectivity index (χ0) is 38.5. The number of terminal acetylenes is 1. The normalized spacial score (nSPS) is 10.3. The van der Waals surface area contributed by atoms with Crippen LogP contribution in [0.3, 0.4) is 0 Å². The van der Waals surface area contributed by atoms with Crippen LogP contribution in [-0.4, -0.2) is 41.2 Å². The Morgan fingerprint density at radius 2 is 1.28 bits per heavy atom. The second-order valence-corrected chi connectivity index (χ2v) is 11.7. The Morgan fingerprint density at radius 3 is 1.80 bits per heavy atom. The van der Waals surface area contributed by atoms with Crippen molar-refractivity contribution in [1.29, 1.82) is 0 Å². The third-order valence-corrected chi connectivity index (χ3v) is 8.56. The van der Waals surface area contributed by atoms with E-state index in [0.29, 0.717) is 22.5 Å². The van der Waals surface area contributed by atoms with Gasteiger partial charge in [-0.15, -0.1) is 11.5 Å². The zero-order valence-electron chi connectivity index (χ0n) is 30.6. The van der Waals surface area contributed by atoms with Crippen LogP contribution in [-0.2, 0) is 0 Å². The van der Waals surface area contributed by atoms with Gasteiger partial charge in [0.1, 0.15) is 22.5 Å². The molecule has 0 fully saturated rings. The van der Waals surface area contributed by atoms with Crippen LogP contribution >= 0.6 is 0 Å². The Balaban J connectivity index is 0.000000179. The summed E-state index contributed by atoms with van der Waals surface area (Å²) in [6.07, 6.45) is 6.83. The predicted molar refractivity (Wildman–Crippen MR) is 216 cm³/mol. The molecule has 54 heavy (non-hydrogen) atoms. The summed E-state index contributed by atoms with van der Waals surface area (Å²) in [5.74, 6) is 2.53. The van der Waals surface area contributed by atoms with Crippen molar-refractivity contribution in [2.24, 2.45) is 5.11 Å². The van der Waals surface area contributed by atoms with Gasteiger partial charge < -0.3 is 18.6 Å². The van der Waals surface area contributed by atoms with Crippen LogP contribution < -0.4 is 21.1 Å². The van der Waals surface area contributed by atoms with E-state index in [1.54, 1.807) is 12.3 Å². The molecule has 3 heterocycles. The van der Waals surface area contributed by atoms with Gasteiger partial charge in [-0.1, -0.05) is 64.8 Å². The lowest BCUT2D eigenvalue weighted by Crippen LogP contribution is -2.21. The molecule has 0 saturated carbocycles. The van der Waals surface area contributed by atoms with Gasteiger partial charge >= 0.3 is 11.3 Å². The summed E-state index contributed by atoms with van der Waals surface area (Å²) >= 11 is 0. The molecule has 4 aromatic carbocycles. The highest BCUT2D eigenvalue weighted by Crippen LogP contribution is 2.25. The molecule has 3 aromatic heterocycles. The van der Waals surface area contributed by atoms with Gasteiger partial charge in [0.15, 0.2) is 5.69 Å². The largest absolute Gasteiger partial charge is 0.422 e. The molecule has 0 amide bonds. The summed E-state index contributed by atoms with van der Waals surface area (Å²) in [5, 5.41) is 13.2. The van der Waals surface area contributed by atoms with Gasteiger partial charge in [-0.3, -0.25) is 0 Å². The highest BCUT2D eigenvalue weighted by molar-refractivity contribution is 5.83. The Morgan fingerprint density at radius 1 is 0.741 bits per heavy atom. The molecule has 7 aromatic rings. The first-order valence-corrected chi connectivity index (χ1v) is 17.5. The van der Waals surface area contributed by atoms with Gasteiger partial charge in [-0.25, -0.2) is 14.3 Å². The van der Waals surface area contributed by atoms with Crippen LogP contribution in [0.1, 0.15) is 33.3 Å². The lowest BCUT2D eigenvalue weighted by molar-refractivity contribution is 0.550. The molecule has 0 saturated heterocycles. The average molecular weight is 721 g/mol. The minimum Gasteiger partial charge on any atom is -0.422 e. The van der Waals surface area contributed by atoms with Gasteiger partial charge in [0.05, 0.1) is 6.20 Å². The monoisotopic (exact) mass is 720 g/mol. The highest BCUT2D eigenvalue weighted by Gasteiger charge is 2.13. The number of fused-ring (bicyclic) bond motifs is 2. The number of hydrogen-bond acceptors (Lipinski definition) is 9. The average Bonchev–Trinajstić information content (AvgIpc) is 3.70. The molecule has 0 unspecified atom stereocenters. The fourth-order valence-electron chi connectivity index (χ4n) is 5.68. The predicted octanol–water partition coefficient (Wildman–Crippen LogP) is 9.14. The topological polar surface area (TPSA) is 146 Å². The van der Waals surface area contributed by atoms with E-state index in [0.717, 1.165) is 59.5 Å². The Labute approximate surface area is 312 Å². The van der Waals surface area contributed by atoms with Crippen LogP contribution in [0.5, 0.6) is 0 Å². The third kappa shape index (κ3) is 9.22. The maximum Gasteiger partial charge on any atom is 0.362 e. The van der Waals surface area contributed by atoms with E-state index in [2.05, 4.69) is 63.8 Å². The van der Waals surface area contributed by atoms with Crippen LogP contribution in [0.4, 0.5) is 17.1 Å².